The Labute approximate surface area is 106 Å². The molecule has 0 aromatic heterocycles. The number of amides is 2. The van der Waals surface area contributed by atoms with Crippen molar-refractivity contribution in [1.29, 1.82) is 0 Å². The summed E-state index contributed by atoms with van der Waals surface area (Å²) in [4.78, 5) is 11.6. The van der Waals surface area contributed by atoms with Crippen LogP contribution < -0.4 is 10.6 Å². The number of hydrogen-bond donors (Lipinski definition) is 2. The maximum absolute atomic E-state index is 11.6. The molecule has 1 aliphatic carbocycles. The number of aryl methyl sites for hydroxylation is 1. The van der Waals surface area contributed by atoms with Crippen LogP contribution in [0, 0.1) is 12.8 Å². The molecule has 1 saturated carbocycles. The van der Waals surface area contributed by atoms with Crippen molar-refractivity contribution >= 4 is 23.3 Å². The van der Waals surface area contributed by atoms with Gasteiger partial charge in [0.15, 0.2) is 0 Å². The molecule has 0 bridgehead atoms. The molecule has 2 N–H and O–H groups in total. The van der Waals surface area contributed by atoms with Gasteiger partial charge < -0.3 is 10.6 Å². The van der Waals surface area contributed by atoms with Gasteiger partial charge in [-0.15, -0.1) is 0 Å². The highest BCUT2D eigenvalue weighted by molar-refractivity contribution is 6.31. The molecule has 0 radical (unpaired) electrons. The summed E-state index contributed by atoms with van der Waals surface area (Å²) in [6.07, 6.45) is 6.18. The number of carbonyl (C=O) groups is 1. The van der Waals surface area contributed by atoms with Crippen molar-refractivity contribution < 1.29 is 4.79 Å². The highest BCUT2D eigenvalue weighted by Gasteiger charge is 2.17. The molecule has 4 heteroatoms. The number of anilines is 1. The molecule has 0 spiro atoms. The largest absolute Gasteiger partial charge is 0.323 e. The fraction of sp³-hybridized carbons (Fsp3) is 0.308. The molecule has 1 fully saturated rings. The van der Waals surface area contributed by atoms with E-state index in [1.165, 1.54) is 12.8 Å². The maximum Gasteiger partial charge on any atom is 0.323 e. The average molecular weight is 251 g/mol. The van der Waals surface area contributed by atoms with E-state index in [2.05, 4.69) is 10.6 Å². The zero-order chi connectivity index (χ0) is 12.3. The summed E-state index contributed by atoms with van der Waals surface area (Å²) >= 11 is 5.87. The molecule has 0 heterocycles. The fourth-order valence-corrected chi connectivity index (χ4v) is 1.61. The summed E-state index contributed by atoms with van der Waals surface area (Å²) in [5.41, 5.74) is 1.71. The summed E-state index contributed by atoms with van der Waals surface area (Å²) in [5.74, 6) is 0.656. The number of benzene rings is 1. The van der Waals surface area contributed by atoms with E-state index in [1.54, 1.807) is 18.3 Å². The molecule has 0 saturated heterocycles. The van der Waals surface area contributed by atoms with Crippen LogP contribution in [0.1, 0.15) is 18.4 Å². The predicted octanol–water partition coefficient (Wildman–Crippen LogP) is 3.69. The molecule has 3 nitrogen and oxygen atoms in total. The van der Waals surface area contributed by atoms with Crippen LogP contribution in [0.15, 0.2) is 30.5 Å². The fourth-order valence-electron chi connectivity index (χ4n) is 1.44. The Morgan fingerprint density at radius 3 is 2.94 bits per heavy atom. The molecule has 2 amide bonds. The van der Waals surface area contributed by atoms with Crippen molar-refractivity contribution in [2.24, 2.45) is 5.92 Å². The number of urea groups is 1. The summed E-state index contributed by atoms with van der Waals surface area (Å²) < 4.78 is 0. The van der Waals surface area contributed by atoms with Gasteiger partial charge in [0, 0.05) is 16.9 Å². The minimum Gasteiger partial charge on any atom is -0.315 e. The van der Waals surface area contributed by atoms with E-state index in [0.717, 1.165) is 11.3 Å². The van der Waals surface area contributed by atoms with Gasteiger partial charge in [0.1, 0.15) is 0 Å². The Morgan fingerprint density at radius 1 is 1.47 bits per heavy atom. The van der Waals surface area contributed by atoms with Crippen molar-refractivity contribution in [3.05, 3.63) is 41.1 Å². The van der Waals surface area contributed by atoms with Gasteiger partial charge in [-0.25, -0.2) is 4.79 Å². The van der Waals surface area contributed by atoms with Crippen molar-refractivity contribution in [2.45, 2.75) is 19.8 Å². The molecule has 0 atom stereocenters. The molecular weight excluding hydrogens is 236 g/mol. The van der Waals surface area contributed by atoms with Gasteiger partial charge in [-0.3, -0.25) is 0 Å². The molecule has 0 unspecified atom stereocenters. The van der Waals surface area contributed by atoms with Gasteiger partial charge in [0.25, 0.3) is 0 Å². The van der Waals surface area contributed by atoms with Crippen molar-refractivity contribution in [3.8, 4) is 0 Å². The van der Waals surface area contributed by atoms with Crippen LogP contribution >= 0.6 is 11.6 Å². The monoisotopic (exact) mass is 250 g/mol. The average Bonchev–Trinajstić information content (AvgIpc) is 3.07. The second-order valence-electron chi connectivity index (χ2n) is 4.25. The third-order valence-corrected chi connectivity index (χ3v) is 2.89. The number of halogens is 1. The second kappa shape index (κ2) is 5.23. The first-order valence-corrected chi connectivity index (χ1v) is 6.03. The van der Waals surface area contributed by atoms with Crippen LogP contribution in [-0.2, 0) is 0 Å². The van der Waals surface area contributed by atoms with Gasteiger partial charge in [-0.05, 0) is 43.4 Å². The molecule has 0 aliphatic heterocycles. The molecule has 1 aliphatic rings. The predicted molar refractivity (Wildman–Crippen MR) is 70.2 cm³/mol. The lowest BCUT2D eigenvalue weighted by molar-refractivity contribution is 0.255. The quantitative estimate of drug-likeness (QED) is 0.844. The first kappa shape index (κ1) is 12.0. The normalized spacial score (nSPS) is 14.9. The first-order chi connectivity index (χ1) is 8.15. The van der Waals surface area contributed by atoms with Gasteiger partial charge in [0.2, 0.25) is 0 Å². The van der Waals surface area contributed by atoms with Crippen LogP contribution in [0.3, 0.4) is 0 Å². The molecule has 17 heavy (non-hydrogen) atoms. The number of carbonyl (C=O) groups excluding carboxylic acids is 1. The lowest BCUT2D eigenvalue weighted by Gasteiger charge is -2.08. The molecule has 1 aromatic rings. The van der Waals surface area contributed by atoms with Gasteiger partial charge in [-0.2, -0.15) is 0 Å². The zero-order valence-electron chi connectivity index (χ0n) is 9.66. The Morgan fingerprint density at radius 2 is 2.24 bits per heavy atom. The Hall–Kier alpha value is -1.48. The van der Waals surface area contributed by atoms with Gasteiger partial charge >= 0.3 is 6.03 Å². The zero-order valence-corrected chi connectivity index (χ0v) is 10.4. The van der Waals surface area contributed by atoms with Crippen LogP contribution in [0.2, 0.25) is 5.02 Å². The highest BCUT2D eigenvalue weighted by atomic mass is 35.5. The highest BCUT2D eigenvalue weighted by Crippen LogP contribution is 2.29. The molecule has 90 valence electrons. The first-order valence-electron chi connectivity index (χ1n) is 5.65. The van der Waals surface area contributed by atoms with E-state index in [0.29, 0.717) is 10.9 Å². The van der Waals surface area contributed by atoms with E-state index < -0.39 is 0 Å². The Kier molecular flexibility index (Phi) is 3.69. The van der Waals surface area contributed by atoms with Crippen LogP contribution in [-0.4, -0.2) is 6.03 Å². The summed E-state index contributed by atoms with van der Waals surface area (Å²) in [5, 5.41) is 6.05. The SMILES string of the molecule is Cc1ccc(Cl)cc1NC(=O)N/C=C/C1CC1. The molecule has 2 rings (SSSR count). The van der Waals surface area contributed by atoms with E-state index in [-0.39, 0.29) is 6.03 Å². The topological polar surface area (TPSA) is 41.1 Å². The van der Waals surface area contributed by atoms with Crippen molar-refractivity contribution in [2.75, 3.05) is 5.32 Å². The lowest BCUT2D eigenvalue weighted by atomic mass is 10.2. The van der Waals surface area contributed by atoms with E-state index in [1.807, 2.05) is 19.1 Å². The smallest absolute Gasteiger partial charge is 0.315 e. The van der Waals surface area contributed by atoms with Crippen LogP contribution in [0.25, 0.3) is 0 Å². The third-order valence-electron chi connectivity index (χ3n) is 2.65. The van der Waals surface area contributed by atoms with Crippen LogP contribution in [0.5, 0.6) is 0 Å². The summed E-state index contributed by atoms with van der Waals surface area (Å²) in [7, 11) is 0. The van der Waals surface area contributed by atoms with Gasteiger partial charge in [-0.1, -0.05) is 23.7 Å². The standard InChI is InChI=1S/C13H15ClN2O/c1-9-2-5-11(14)8-12(9)16-13(17)15-7-6-10-3-4-10/h2,5-8,10H,3-4H2,1H3,(H2,15,16,17)/b7-6+. The van der Waals surface area contributed by atoms with Crippen LogP contribution in [0.4, 0.5) is 10.5 Å². The minimum atomic E-state index is -0.243. The Balaban J connectivity index is 1.90. The minimum absolute atomic E-state index is 0.243. The van der Waals surface area contributed by atoms with E-state index >= 15 is 0 Å². The second-order valence-corrected chi connectivity index (χ2v) is 4.69. The third kappa shape index (κ3) is 3.79. The maximum atomic E-state index is 11.6. The number of hydrogen-bond acceptors (Lipinski definition) is 1. The number of rotatable bonds is 3. The van der Waals surface area contributed by atoms with E-state index in [9.17, 15) is 4.79 Å². The van der Waals surface area contributed by atoms with Gasteiger partial charge in [0.05, 0.1) is 0 Å². The summed E-state index contributed by atoms with van der Waals surface area (Å²) in [6, 6.07) is 5.17. The summed E-state index contributed by atoms with van der Waals surface area (Å²) in [6.45, 7) is 1.92. The van der Waals surface area contributed by atoms with Crippen molar-refractivity contribution in [1.82, 2.24) is 5.32 Å². The molecular formula is C13H15ClN2O. The number of allylic oxidation sites excluding steroid dienone is 1. The number of nitrogens with one attached hydrogen (secondary N) is 2. The van der Waals surface area contributed by atoms with Crippen molar-refractivity contribution in [3.63, 3.8) is 0 Å². The Bertz CT molecular complexity index is 453. The van der Waals surface area contributed by atoms with E-state index in [4.69, 9.17) is 11.6 Å². The lowest BCUT2D eigenvalue weighted by Crippen LogP contribution is -2.24. The molecule has 1 aromatic carbocycles.